The van der Waals surface area contributed by atoms with Crippen LogP contribution in [0.25, 0.3) is 0 Å². The van der Waals surface area contributed by atoms with E-state index in [1.165, 1.54) is 70.4 Å². The van der Waals surface area contributed by atoms with Crippen LogP contribution in [0.3, 0.4) is 0 Å². The van der Waals surface area contributed by atoms with Crippen LogP contribution in [0.1, 0.15) is 16.7 Å². The molecule has 0 saturated heterocycles. The number of para-hydroxylation sites is 4. The molecule has 7 rings (SSSR count). The monoisotopic (exact) mass is 514 g/mol. The smallest absolute Gasteiger partial charge is 0.0630 e. The summed E-state index contributed by atoms with van der Waals surface area (Å²) in [6.07, 6.45) is 0. The molecule has 0 spiro atoms. The molecule has 2 aliphatic rings. The molecule has 0 amide bonds. The van der Waals surface area contributed by atoms with Gasteiger partial charge in [0, 0.05) is 19.6 Å². The Morgan fingerprint density at radius 2 is 0.784 bits per heavy atom. The largest absolute Gasteiger partial charge is 0.308 e. The first-order valence-corrected chi connectivity index (χ1v) is 14.2. The van der Waals surface area contributed by atoms with Gasteiger partial charge in [-0.1, -0.05) is 78.1 Å². The molecule has 4 heteroatoms. The number of nitrogens with zero attached hydrogens (tertiary/aromatic N) is 2. The standard InChI is InChI=1S/C33H26N2S2/c1-21-11-8-19-30-32(21)34(26-13-4-6-17-28(26)36-30)24-15-10-16-25(23(24)3)35-27-14-5-7-18-29(27)37-31-20-9-12-22(2)33(31)35/h4-20H,1-3H3. The highest BCUT2D eigenvalue weighted by molar-refractivity contribution is 8.00. The van der Waals surface area contributed by atoms with Crippen molar-refractivity contribution in [3.63, 3.8) is 0 Å². The van der Waals surface area contributed by atoms with Crippen molar-refractivity contribution in [2.45, 2.75) is 40.4 Å². The van der Waals surface area contributed by atoms with Gasteiger partial charge in [0.25, 0.3) is 0 Å². The summed E-state index contributed by atoms with van der Waals surface area (Å²) in [4.78, 5) is 10.1. The number of aryl methyl sites for hydroxylation is 2. The minimum atomic E-state index is 1.21. The van der Waals surface area contributed by atoms with E-state index in [9.17, 15) is 0 Å². The molecule has 0 fully saturated rings. The summed E-state index contributed by atoms with van der Waals surface area (Å²) in [7, 11) is 0. The fraction of sp³-hybridized carbons (Fsp3) is 0.0909. The Balaban J connectivity index is 1.48. The molecule has 0 bridgehead atoms. The zero-order valence-corrected chi connectivity index (χ0v) is 22.7. The normalized spacial score (nSPS) is 13.5. The fourth-order valence-electron chi connectivity index (χ4n) is 5.53. The van der Waals surface area contributed by atoms with Gasteiger partial charge in [-0.05, 0) is 86.0 Å². The molecule has 0 aliphatic carbocycles. The Kier molecular flexibility index (Phi) is 5.35. The lowest BCUT2D eigenvalue weighted by Crippen LogP contribution is -2.20. The van der Waals surface area contributed by atoms with Crippen molar-refractivity contribution in [2.75, 3.05) is 9.80 Å². The number of hydrogen-bond donors (Lipinski definition) is 0. The van der Waals surface area contributed by atoms with Crippen molar-refractivity contribution in [3.8, 4) is 0 Å². The maximum Gasteiger partial charge on any atom is 0.0630 e. The van der Waals surface area contributed by atoms with Crippen molar-refractivity contribution < 1.29 is 0 Å². The highest BCUT2D eigenvalue weighted by atomic mass is 32.2. The van der Waals surface area contributed by atoms with Gasteiger partial charge in [0.2, 0.25) is 0 Å². The molecule has 2 aliphatic heterocycles. The van der Waals surface area contributed by atoms with E-state index in [0.29, 0.717) is 0 Å². The molecule has 0 atom stereocenters. The predicted octanol–water partition coefficient (Wildman–Crippen LogP) is 10.5. The summed E-state index contributed by atoms with van der Waals surface area (Å²) in [6.45, 7) is 6.71. The number of rotatable bonds is 2. The summed E-state index contributed by atoms with van der Waals surface area (Å²) in [5.74, 6) is 0. The van der Waals surface area contributed by atoms with Gasteiger partial charge in [-0.2, -0.15) is 0 Å². The molecular weight excluding hydrogens is 489 g/mol. The molecule has 0 aromatic heterocycles. The predicted molar refractivity (Wildman–Crippen MR) is 158 cm³/mol. The van der Waals surface area contributed by atoms with Crippen molar-refractivity contribution in [2.24, 2.45) is 0 Å². The zero-order chi connectivity index (χ0) is 25.1. The lowest BCUT2D eigenvalue weighted by Gasteiger charge is -2.38. The molecule has 2 nitrogen and oxygen atoms in total. The highest BCUT2D eigenvalue weighted by Gasteiger charge is 2.31. The third-order valence-electron chi connectivity index (χ3n) is 7.26. The maximum atomic E-state index is 2.47. The number of hydrogen-bond acceptors (Lipinski definition) is 4. The van der Waals surface area contributed by atoms with Gasteiger partial charge in [-0.25, -0.2) is 0 Å². The van der Waals surface area contributed by atoms with Crippen LogP contribution in [-0.4, -0.2) is 0 Å². The van der Waals surface area contributed by atoms with Crippen LogP contribution >= 0.6 is 23.5 Å². The lowest BCUT2D eigenvalue weighted by molar-refractivity contribution is 1.11. The van der Waals surface area contributed by atoms with Crippen LogP contribution in [0, 0.1) is 20.8 Å². The molecule has 0 radical (unpaired) electrons. The van der Waals surface area contributed by atoms with Crippen molar-refractivity contribution >= 4 is 57.6 Å². The van der Waals surface area contributed by atoms with Gasteiger partial charge in [0.15, 0.2) is 0 Å². The molecule has 37 heavy (non-hydrogen) atoms. The topological polar surface area (TPSA) is 6.48 Å². The molecule has 0 saturated carbocycles. The van der Waals surface area contributed by atoms with Gasteiger partial charge >= 0.3 is 0 Å². The second kappa shape index (κ2) is 8.76. The summed E-state index contributed by atoms with van der Waals surface area (Å²) in [5, 5.41) is 0. The zero-order valence-electron chi connectivity index (χ0n) is 21.0. The van der Waals surface area contributed by atoms with Crippen molar-refractivity contribution in [1.82, 2.24) is 0 Å². The minimum absolute atomic E-state index is 1.21. The summed E-state index contributed by atoms with van der Waals surface area (Å²) >= 11 is 3.72. The molecule has 2 heterocycles. The van der Waals surface area contributed by atoms with Gasteiger partial charge in [0.1, 0.15) is 0 Å². The molecular formula is C33H26N2S2. The Bertz CT molecular complexity index is 1570. The van der Waals surface area contributed by atoms with Gasteiger partial charge in [-0.3, -0.25) is 0 Å². The van der Waals surface area contributed by atoms with Crippen LogP contribution in [0.15, 0.2) is 123 Å². The van der Waals surface area contributed by atoms with Crippen LogP contribution in [0.2, 0.25) is 0 Å². The van der Waals surface area contributed by atoms with Gasteiger partial charge in [0.05, 0.1) is 34.1 Å². The number of anilines is 6. The average molecular weight is 515 g/mol. The Morgan fingerprint density at radius 3 is 1.27 bits per heavy atom. The van der Waals surface area contributed by atoms with Gasteiger partial charge in [-0.15, -0.1) is 0 Å². The first-order valence-electron chi connectivity index (χ1n) is 12.5. The minimum Gasteiger partial charge on any atom is -0.308 e. The van der Waals surface area contributed by atoms with Crippen molar-refractivity contribution in [1.29, 1.82) is 0 Å². The van der Waals surface area contributed by atoms with Crippen LogP contribution < -0.4 is 9.80 Å². The van der Waals surface area contributed by atoms with E-state index in [0.717, 1.165) is 0 Å². The lowest BCUT2D eigenvalue weighted by atomic mass is 10.0. The molecule has 5 aromatic carbocycles. The third-order valence-corrected chi connectivity index (χ3v) is 9.49. The van der Waals surface area contributed by atoms with Gasteiger partial charge < -0.3 is 9.80 Å². The average Bonchev–Trinajstić information content (AvgIpc) is 2.91. The van der Waals surface area contributed by atoms with E-state index >= 15 is 0 Å². The van der Waals surface area contributed by atoms with Crippen molar-refractivity contribution in [3.05, 3.63) is 120 Å². The van der Waals surface area contributed by atoms with E-state index in [2.05, 4.69) is 134 Å². The highest BCUT2D eigenvalue weighted by Crippen LogP contribution is 2.56. The summed E-state index contributed by atoms with van der Waals surface area (Å²) < 4.78 is 0. The molecule has 0 unspecified atom stereocenters. The quantitative estimate of drug-likeness (QED) is 0.226. The van der Waals surface area contributed by atoms with Crippen LogP contribution in [-0.2, 0) is 0 Å². The van der Waals surface area contributed by atoms with E-state index in [4.69, 9.17) is 0 Å². The van der Waals surface area contributed by atoms with E-state index in [1.54, 1.807) is 0 Å². The van der Waals surface area contributed by atoms with Crippen LogP contribution in [0.5, 0.6) is 0 Å². The molecule has 0 N–H and O–H groups in total. The SMILES string of the molecule is Cc1cccc2c1N(c1cccc(N3c4ccccc4Sc4cccc(C)c43)c1C)c1ccccc1S2. The maximum absolute atomic E-state index is 2.47. The van der Waals surface area contributed by atoms with Crippen LogP contribution in [0.4, 0.5) is 34.1 Å². The third kappa shape index (κ3) is 3.51. The van der Waals surface area contributed by atoms with E-state index in [-0.39, 0.29) is 0 Å². The Morgan fingerprint density at radius 1 is 0.405 bits per heavy atom. The first kappa shape index (κ1) is 22.6. The first-order chi connectivity index (χ1) is 18.1. The Hall–Kier alpha value is -3.60. The number of fused-ring (bicyclic) bond motifs is 4. The van der Waals surface area contributed by atoms with E-state index in [1.807, 2.05) is 23.5 Å². The summed E-state index contributed by atoms with van der Waals surface area (Å²) in [5.41, 5.74) is 11.3. The summed E-state index contributed by atoms with van der Waals surface area (Å²) in [6, 6.07) is 37.5. The van der Waals surface area contributed by atoms with E-state index < -0.39 is 0 Å². The molecule has 180 valence electrons. The molecule has 5 aromatic rings. The number of benzene rings is 5. The Labute approximate surface area is 227 Å². The second-order valence-corrected chi connectivity index (χ2v) is 11.7. The fourth-order valence-corrected chi connectivity index (χ4v) is 7.82. The second-order valence-electron chi connectivity index (χ2n) is 9.57.